The molecule has 7 nitrogen and oxygen atoms in total. The van der Waals surface area contributed by atoms with Gasteiger partial charge in [0, 0.05) is 6.42 Å². The van der Waals surface area contributed by atoms with Crippen molar-refractivity contribution in [2.75, 3.05) is 6.61 Å². The van der Waals surface area contributed by atoms with E-state index in [1.165, 1.54) is 0 Å². The molecule has 122 valence electrons. The largest absolute Gasteiger partial charge is 0.463 e. The molecular formula is C14H24O7. The highest BCUT2D eigenvalue weighted by molar-refractivity contribution is 5.69. The van der Waals surface area contributed by atoms with Gasteiger partial charge in [0.15, 0.2) is 6.29 Å². The van der Waals surface area contributed by atoms with Gasteiger partial charge in [0.05, 0.1) is 0 Å². The number of carbonyl (C=O) groups excluding carboxylic acids is 1. The normalized spacial score (nSPS) is 33.3. The molecule has 0 amide bonds. The quantitative estimate of drug-likeness (QED) is 0.284. The monoisotopic (exact) mass is 304 g/mol. The van der Waals surface area contributed by atoms with Gasteiger partial charge in [-0.2, -0.15) is 0 Å². The molecule has 1 aliphatic heterocycles. The summed E-state index contributed by atoms with van der Waals surface area (Å²) in [5.41, 5.74) is 0. The molecule has 7 heteroatoms. The highest BCUT2D eigenvalue weighted by Gasteiger charge is 2.43. The van der Waals surface area contributed by atoms with Crippen LogP contribution in [0.25, 0.3) is 0 Å². The Morgan fingerprint density at radius 2 is 1.86 bits per heavy atom. The van der Waals surface area contributed by atoms with E-state index in [9.17, 15) is 25.2 Å². The van der Waals surface area contributed by atoms with E-state index in [1.807, 2.05) is 19.1 Å². The van der Waals surface area contributed by atoms with Crippen molar-refractivity contribution in [3.63, 3.8) is 0 Å². The summed E-state index contributed by atoms with van der Waals surface area (Å²) in [6, 6.07) is 0. The zero-order valence-corrected chi connectivity index (χ0v) is 12.1. The van der Waals surface area contributed by atoms with Crippen LogP contribution >= 0.6 is 0 Å². The number of aliphatic hydroxyl groups is 4. The standard InChI is InChI=1S/C14H24O7/c1-2-3-4-5-6-7-10(15)20-8-9-11(16)12(17)13(18)14(19)21-9/h2-3,9,11-14,16-19H,4-8H2,1H3/t9-,11-,12+,13-,14+/m1/s1. The maximum absolute atomic E-state index is 11.5. The van der Waals surface area contributed by atoms with E-state index in [0.717, 1.165) is 12.8 Å². The minimum Gasteiger partial charge on any atom is -0.463 e. The van der Waals surface area contributed by atoms with Gasteiger partial charge in [0.25, 0.3) is 0 Å². The van der Waals surface area contributed by atoms with E-state index >= 15 is 0 Å². The molecule has 0 spiro atoms. The van der Waals surface area contributed by atoms with Crippen LogP contribution in [0.5, 0.6) is 0 Å². The van der Waals surface area contributed by atoms with E-state index in [1.54, 1.807) is 0 Å². The summed E-state index contributed by atoms with van der Waals surface area (Å²) in [6.07, 6.45) is -0.525. The third-order valence-corrected chi connectivity index (χ3v) is 3.33. The summed E-state index contributed by atoms with van der Waals surface area (Å²) >= 11 is 0. The Labute approximate surface area is 123 Å². The first-order valence-electron chi connectivity index (χ1n) is 7.12. The highest BCUT2D eigenvalue weighted by atomic mass is 16.6. The molecule has 0 bridgehead atoms. The van der Waals surface area contributed by atoms with Crippen molar-refractivity contribution in [3.8, 4) is 0 Å². The van der Waals surface area contributed by atoms with Crippen LogP contribution in [0, 0.1) is 0 Å². The van der Waals surface area contributed by atoms with Gasteiger partial charge in [-0.15, -0.1) is 0 Å². The van der Waals surface area contributed by atoms with Gasteiger partial charge < -0.3 is 29.9 Å². The summed E-state index contributed by atoms with van der Waals surface area (Å²) < 4.78 is 9.84. The summed E-state index contributed by atoms with van der Waals surface area (Å²) in [4.78, 5) is 11.5. The van der Waals surface area contributed by atoms with Gasteiger partial charge >= 0.3 is 5.97 Å². The van der Waals surface area contributed by atoms with Crippen molar-refractivity contribution < 1.29 is 34.7 Å². The first kappa shape index (κ1) is 18.1. The third-order valence-electron chi connectivity index (χ3n) is 3.33. The van der Waals surface area contributed by atoms with E-state index in [4.69, 9.17) is 9.47 Å². The molecule has 0 aromatic rings. The second kappa shape index (κ2) is 9.11. The number of unbranched alkanes of at least 4 members (excludes halogenated alkanes) is 2. The second-order valence-corrected chi connectivity index (χ2v) is 5.03. The molecule has 5 atom stereocenters. The van der Waals surface area contributed by atoms with Crippen LogP contribution in [0.4, 0.5) is 0 Å². The molecule has 1 heterocycles. The number of rotatable bonds is 7. The maximum atomic E-state index is 11.5. The van der Waals surface area contributed by atoms with Gasteiger partial charge in [0.1, 0.15) is 31.0 Å². The Hall–Kier alpha value is -0.990. The van der Waals surface area contributed by atoms with Crippen molar-refractivity contribution >= 4 is 5.97 Å². The number of hydrogen-bond donors (Lipinski definition) is 4. The van der Waals surface area contributed by atoms with Crippen molar-refractivity contribution in [1.82, 2.24) is 0 Å². The molecule has 21 heavy (non-hydrogen) atoms. The Balaban J connectivity index is 2.26. The smallest absolute Gasteiger partial charge is 0.305 e. The molecule has 0 radical (unpaired) electrons. The molecule has 0 aromatic carbocycles. The van der Waals surface area contributed by atoms with Gasteiger partial charge in [-0.25, -0.2) is 0 Å². The lowest BCUT2D eigenvalue weighted by Crippen LogP contribution is -2.58. The fourth-order valence-electron chi connectivity index (χ4n) is 2.01. The minimum absolute atomic E-state index is 0.258. The lowest BCUT2D eigenvalue weighted by atomic mass is 9.99. The first-order chi connectivity index (χ1) is 9.97. The molecule has 0 saturated carbocycles. The average molecular weight is 304 g/mol. The summed E-state index contributed by atoms with van der Waals surface area (Å²) in [5.74, 6) is -0.429. The highest BCUT2D eigenvalue weighted by Crippen LogP contribution is 2.20. The van der Waals surface area contributed by atoms with Crippen LogP contribution < -0.4 is 0 Å². The molecule has 1 rings (SSSR count). The number of esters is 1. The molecule has 1 fully saturated rings. The van der Waals surface area contributed by atoms with Crippen LogP contribution in [0.3, 0.4) is 0 Å². The van der Waals surface area contributed by atoms with E-state index < -0.39 is 36.7 Å². The Bertz CT molecular complexity index is 344. The fraction of sp³-hybridized carbons (Fsp3) is 0.786. The Morgan fingerprint density at radius 3 is 2.52 bits per heavy atom. The lowest BCUT2D eigenvalue weighted by Gasteiger charge is -2.37. The topological polar surface area (TPSA) is 116 Å². The van der Waals surface area contributed by atoms with Crippen molar-refractivity contribution in [2.45, 2.75) is 63.3 Å². The zero-order valence-electron chi connectivity index (χ0n) is 12.1. The van der Waals surface area contributed by atoms with Crippen LogP contribution in [-0.2, 0) is 14.3 Å². The number of carbonyl (C=O) groups is 1. The van der Waals surface area contributed by atoms with Gasteiger partial charge in [-0.3, -0.25) is 4.79 Å². The Kier molecular flexibility index (Phi) is 7.84. The first-order valence-corrected chi connectivity index (χ1v) is 7.12. The number of aliphatic hydroxyl groups excluding tert-OH is 4. The van der Waals surface area contributed by atoms with Crippen molar-refractivity contribution in [3.05, 3.63) is 12.2 Å². The SMILES string of the molecule is CC=CCCCCC(=O)OC[C@H]1O[C@H](O)[C@H](O)[C@@H](O)[C@@H]1O. The molecule has 1 aliphatic rings. The van der Waals surface area contributed by atoms with Gasteiger partial charge in [-0.1, -0.05) is 12.2 Å². The molecule has 0 aliphatic carbocycles. The fourth-order valence-corrected chi connectivity index (χ4v) is 2.01. The number of hydrogen-bond acceptors (Lipinski definition) is 7. The van der Waals surface area contributed by atoms with Gasteiger partial charge in [0.2, 0.25) is 0 Å². The summed E-state index contributed by atoms with van der Waals surface area (Å²) in [5, 5.41) is 37.8. The molecule has 0 unspecified atom stereocenters. The molecular weight excluding hydrogens is 280 g/mol. The number of allylic oxidation sites excluding steroid dienone is 2. The molecule has 1 saturated heterocycles. The van der Waals surface area contributed by atoms with Crippen molar-refractivity contribution in [1.29, 1.82) is 0 Å². The van der Waals surface area contributed by atoms with Gasteiger partial charge in [-0.05, 0) is 26.2 Å². The molecule has 4 N–H and O–H groups in total. The second-order valence-electron chi connectivity index (χ2n) is 5.03. The Morgan fingerprint density at radius 1 is 1.14 bits per heavy atom. The maximum Gasteiger partial charge on any atom is 0.305 e. The number of ether oxygens (including phenoxy) is 2. The predicted molar refractivity (Wildman–Crippen MR) is 73.1 cm³/mol. The summed E-state index contributed by atoms with van der Waals surface area (Å²) in [6.45, 7) is 1.65. The van der Waals surface area contributed by atoms with Crippen molar-refractivity contribution in [2.24, 2.45) is 0 Å². The predicted octanol–water partition coefficient (Wildman–Crippen LogP) is -0.534. The van der Waals surface area contributed by atoms with Crippen LogP contribution in [0.1, 0.15) is 32.6 Å². The lowest BCUT2D eigenvalue weighted by molar-refractivity contribution is -0.287. The average Bonchev–Trinajstić information content (AvgIpc) is 2.47. The van der Waals surface area contributed by atoms with Crippen LogP contribution in [0.15, 0.2) is 12.2 Å². The zero-order chi connectivity index (χ0) is 15.8. The van der Waals surface area contributed by atoms with E-state index in [0.29, 0.717) is 6.42 Å². The van der Waals surface area contributed by atoms with Crippen LogP contribution in [-0.4, -0.2) is 63.7 Å². The third kappa shape index (κ3) is 5.72. The van der Waals surface area contributed by atoms with Crippen LogP contribution in [0.2, 0.25) is 0 Å². The summed E-state index contributed by atoms with van der Waals surface area (Å²) in [7, 11) is 0. The van der Waals surface area contributed by atoms with E-state index in [-0.39, 0.29) is 13.0 Å². The van der Waals surface area contributed by atoms with E-state index in [2.05, 4.69) is 0 Å². The minimum atomic E-state index is -1.62. The molecule has 0 aromatic heterocycles.